The first kappa shape index (κ1) is 82.9. The third-order valence-electron chi connectivity index (χ3n) is 10.7. The Morgan fingerprint density at radius 2 is 1.03 bits per heavy atom. The Labute approximate surface area is 446 Å². The van der Waals surface area contributed by atoms with E-state index in [4.69, 9.17) is 39.8 Å². The average Bonchev–Trinajstić information content (AvgIpc) is 3.15. The summed E-state index contributed by atoms with van der Waals surface area (Å²) in [5.41, 5.74) is 8.80. The number of hydrogen-bond donors (Lipinski definition) is 11. The fourth-order valence-corrected chi connectivity index (χ4v) is 18.5. The maximum absolute atomic E-state index is 11.5. The summed E-state index contributed by atoms with van der Waals surface area (Å²) in [5, 5.41) is 26.1. The Morgan fingerprint density at radius 1 is 0.699 bits per heavy atom. The van der Waals surface area contributed by atoms with Gasteiger partial charge in [-0.05, 0) is 98.0 Å². The number of hydrogen-bond acceptors (Lipinski definition) is 12. The molecule has 15 atom stereocenters. The van der Waals surface area contributed by atoms with Crippen molar-refractivity contribution in [3.8, 4) is 0 Å². The van der Waals surface area contributed by atoms with Crippen LogP contribution in [0.3, 0.4) is 0 Å². The van der Waals surface area contributed by atoms with Gasteiger partial charge in [0.15, 0.2) is 6.16 Å². The van der Waals surface area contributed by atoms with Crippen molar-refractivity contribution in [1.82, 2.24) is 0 Å². The molecule has 4 heterocycles. The van der Waals surface area contributed by atoms with Crippen LogP contribution in [0, 0.1) is 57.6 Å². The van der Waals surface area contributed by atoms with Gasteiger partial charge >= 0.3 is 55.1 Å². The summed E-state index contributed by atoms with van der Waals surface area (Å²) in [6.45, 7) is 26.9. The number of carboxylic acids is 3. The second kappa shape index (κ2) is 41.6. The number of aliphatic carboxylic acids is 3. The van der Waals surface area contributed by atoms with E-state index in [1.165, 1.54) is 11.1 Å². The summed E-state index contributed by atoms with van der Waals surface area (Å²) in [6.07, 6.45) is 6.83. The molecule has 4 saturated heterocycles. The maximum atomic E-state index is 11.5. The van der Waals surface area contributed by atoms with Crippen molar-refractivity contribution < 1.29 is 91.2 Å². The van der Waals surface area contributed by atoms with Crippen LogP contribution in [-0.2, 0) is 46.6 Å². The van der Waals surface area contributed by atoms with Crippen LogP contribution in [0.5, 0.6) is 0 Å². The first-order valence-corrected chi connectivity index (χ1v) is 33.7. The van der Waals surface area contributed by atoms with E-state index in [0.717, 1.165) is 37.5 Å². The molecule has 4 aliphatic heterocycles. The van der Waals surface area contributed by atoms with Gasteiger partial charge in [0.05, 0.1) is 11.8 Å². The Kier molecular flexibility index (Phi) is 47.2. The normalized spacial score (nSPS) is 31.7. The number of nitrogens with two attached hydrogens (primary N) is 1. The standard InChI is InChI=1S/C8H14NO6P.C7H13O4P.C7H13O3P.C7H15O2P.C7H13O2P.C7H12.CH4.Al.B.HN.HO2P/c9-6(8(12)13)4-1-5(7(10)11)3-16(14,15)2-4;1-5-2-6(7(8)9)4-12(10,11)3-5;1-6-2-7(3-8)5-11(9,10)4-6;1-6-3-7(2)5-10(8,9)4-6;1-6(2)4-7(3)5-10(8)9;1-6(2)5-7(3)4;;;;;1-3-2/h4-6H,1-3,9H2,(H,10,11)(H,12,13)(H,14,15);5-6H,2-4H2,1H3,(H,8,9)(H,10,11);3,6-7H,2,4-5H2,1H3,(H,9,10);6-7H,3-5H2,1-2H3,(H,8,9);7H,1,4-5H2,2-3H3;1,3,5H2,2,4H3;1H4;;;1H;3H/p+2. The molecule has 0 aromatic carbocycles. The summed E-state index contributed by atoms with van der Waals surface area (Å²) < 4.78 is 69.7. The van der Waals surface area contributed by atoms with Crippen molar-refractivity contribution in [2.24, 2.45) is 59.0 Å². The minimum absolute atomic E-state index is 0. The molecule has 0 bridgehead atoms. The molecule has 4 radical (unpaired) electrons. The molecule has 12 N–H and O–H groups in total. The van der Waals surface area contributed by atoms with Crippen LogP contribution in [0.1, 0.15) is 101 Å². The van der Waals surface area contributed by atoms with Gasteiger partial charge in [-0.15, -0.1) is 6.58 Å². The number of allylic oxidation sites excluding steroid dienone is 3. The molecule has 0 aromatic rings. The molecule has 422 valence electrons. The van der Waals surface area contributed by atoms with Gasteiger partial charge in [0.2, 0.25) is 29.5 Å². The Morgan fingerprint density at radius 3 is 1.30 bits per heavy atom. The molecular weight excluding hydrogens is 1080 g/mol. The monoisotopic (exact) mass is 1170 g/mol. The number of nitrogens with one attached hydrogen (secondary N) is 1. The van der Waals surface area contributed by atoms with Gasteiger partial charge in [0.25, 0.3) is 0 Å². The molecule has 0 aromatic heterocycles. The first-order valence-electron chi connectivity index (χ1n) is 22.7. The molecule has 0 saturated carbocycles. The summed E-state index contributed by atoms with van der Waals surface area (Å²) in [5.74, 6) is -4.53. The second-order valence-electron chi connectivity index (χ2n) is 19.8. The van der Waals surface area contributed by atoms with Crippen LogP contribution >= 0.6 is 46.2 Å². The predicted molar refractivity (Wildman–Crippen MR) is 294 cm³/mol. The number of carbonyl (C=O) groups excluding carboxylic acids is 1. The van der Waals surface area contributed by atoms with Crippen molar-refractivity contribution in [3.05, 3.63) is 36.5 Å². The molecule has 15 unspecified atom stereocenters. The van der Waals surface area contributed by atoms with Crippen LogP contribution in [0.15, 0.2) is 36.5 Å². The van der Waals surface area contributed by atoms with Crippen LogP contribution in [0.25, 0.3) is 0 Å². The van der Waals surface area contributed by atoms with Crippen molar-refractivity contribution in [1.29, 1.82) is 4.35 Å². The van der Waals surface area contributed by atoms with Crippen molar-refractivity contribution in [3.63, 3.8) is 0 Å². The van der Waals surface area contributed by atoms with Gasteiger partial charge < -0.3 is 45.4 Å². The molecule has 0 amide bonds. The molecule has 0 aliphatic carbocycles. The van der Waals surface area contributed by atoms with Gasteiger partial charge in [0, 0.05) is 69.5 Å². The molecular formula is C44H88AlBN2O19P6+2. The van der Waals surface area contributed by atoms with Crippen molar-refractivity contribution in [2.75, 3.05) is 55.5 Å². The number of aldehydes is 1. The van der Waals surface area contributed by atoms with Gasteiger partial charge in [-0.1, -0.05) is 71.9 Å². The minimum atomic E-state index is -3.57. The number of rotatable bonds is 11. The fraction of sp³-hybridized carbons (Fsp3) is 0.773. The van der Waals surface area contributed by atoms with E-state index < -0.39 is 87.9 Å². The molecule has 73 heavy (non-hydrogen) atoms. The summed E-state index contributed by atoms with van der Waals surface area (Å²) in [6, 6.07) is -1.29. The van der Waals surface area contributed by atoms with Crippen LogP contribution < -0.4 is 5.73 Å². The average molecular weight is 1170 g/mol. The number of carboxylic acid groups (broad SMARTS) is 3. The summed E-state index contributed by atoms with van der Waals surface area (Å²) >= 11 is 1.67. The number of carbonyl (C=O) groups is 4. The van der Waals surface area contributed by atoms with Crippen LogP contribution in [0.2, 0.25) is 0 Å². The van der Waals surface area contributed by atoms with Crippen LogP contribution in [0.4, 0.5) is 0 Å². The zero-order chi connectivity index (χ0) is 56.8. The SMILES string of the molecule is C.C=C(C)CC(=C)C.C=C(C)CC(C)C[P+](=O)O.CC1CC(C(=O)O)CP(=O)(O)C1.CC1CC(C)CP(=O)(O)C1.CC1CC(C=O)CP(=O)(O)C1.NC(C(=O)O)C1CC(C(=O)O)CP(=O)(O)C1.O=[PH+]O.[B].[NH]=[Al]. The Bertz CT molecular complexity index is 1910. The molecule has 4 rings (SSSR count). The van der Waals surface area contributed by atoms with Crippen LogP contribution in [-0.4, -0.2) is 155 Å². The topological polar surface area (TPSA) is 403 Å². The van der Waals surface area contributed by atoms with E-state index in [1.807, 2.05) is 41.5 Å². The first-order chi connectivity index (χ1) is 32.2. The Balaban J connectivity index is -0.000000183. The van der Waals surface area contributed by atoms with E-state index in [-0.39, 0.29) is 76.7 Å². The Hall–Kier alpha value is -1.46. The van der Waals surface area contributed by atoms with E-state index in [2.05, 4.69) is 33.6 Å². The third kappa shape index (κ3) is 46.4. The van der Waals surface area contributed by atoms with Gasteiger partial charge in [-0.3, -0.25) is 32.6 Å². The molecule has 4 aliphatic rings. The van der Waals surface area contributed by atoms with Gasteiger partial charge in [0.1, 0.15) is 12.3 Å². The molecule has 4 fully saturated rings. The van der Waals surface area contributed by atoms with E-state index in [1.54, 1.807) is 16.1 Å². The van der Waals surface area contributed by atoms with E-state index in [0.29, 0.717) is 42.9 Å². The van der Waals surface area contributed by atoms with Gasteiger partial charge in [-0.2, -0.15) is 9.79 Å². The van der Waals surface area contributed by atoms with E-state index >= 15 is 0 Å². The predicted octanol–water partition coefficient (Wildman–Crippen LogP) is 8.37. The third-order valence-corrected chi connectivity index (χ3v) is 20.5. The second-order valence-corrected chi connectivity index (χ2v) is 30.7. The summed E-state index contributed by atoms with van der Waals surface area (Å²) in [7, 11) is -15.5. The fourth-order valence-electron chi connectivity index (χ4n) is 8.68. The van der Waals surface area contributed by atoms with Crippen molar-refractivity contribution >= 4 is 94.9 Å². The van der Waals surface area contributed by atoms with E-state index in [9.17, 15) is 61.6 Å². The van der Waals surface area contributed by atoms with Crippen molar-refractivity contribution in [2.45, 2.75) is 107 Å². The quantitative estimate of drug-likeness (QED) is 0.0400. The zero-order valence-corrected chi connectivity index (χ0v) is 49.8. The summed E-state index contributed by atoms with van der Waals surface area (Å²) in [4.78, 5) is 95.1. The zero-order valence-electron chi connectivity index (χ0n) is 43.2. The van der Waals surface area contributed by atoms with Gasteiger partial charge in [-0.25, -0.2) is 0 Å². The molecule has 29 heteroatoms. The molecule has 0 spiro atoms. The molecule has 21 nitrogen and oxygen atoms in total.